The van der Waals surface area contributed by atoms with Gasteiger partial charge in [0.2, 0.25) is 15.6 Å². The molecule has 1 aliphatic heterocycles. The van der Waals surface area contributed by atoms with Gasteiger partial charge >= 0.3 is 0 Å². The Labute approximate surface area is 195 Å². The Hall–Kier alpha value is -2.91. The predicted molar refractivity (Wildman–Crippen MR) is 115 cm³/mol. The lowest BCUT2D eigenvalue weighted by Gasteiger charge is -2.23. The molecule has 6 nitrogen and oxygen atoms in total. The van der Waals surface area contributed by atoms with Crippen molar-refractivity contribution >= 4 is 27.5 Å². The highest BCUT2D eigenvalue weighted by Gasteiger charge is 2.44. The number of carbonyl (C=O) groups is 1. The summed E-state index contributed by atoms with van der Waals surface area (Å²) in [5.74, 6) is 1.87. The first-order valence-electron chi connectivity index (χ1n) is 9.96. The van der Waals surface area contributed by atoms with E-state index in [1.807, 2.05) is 73.7 Å². The minimum absolute atomic E-state index is 0.167. The molecule has 0 spiro atoms. The number of ketones is 1. The second-order valence-corrected chi connectivity index (χ2v) is 10.3. The molecule has 1 heterocycles. The molecule has 0 bridgehead atoms. The third-order valence-electron chi connectivity index (χ3n) is 5.15. The van der Waals surface area contributed by atoms with Gasteiger partial charge < -0.3 is 4.74 Å². The molecule has 4 aromatic carbocycles. The van der Waals surface area contributed by atoms with Crippen LogP contribution in [0.25, 0.3) is 10.8 Å². The van der Waals surface area contributed by atoms with E-state index in [1.165, 1.54) is 0 Å². The summed E-state index contributed by atoms with van der Waals surface area (Å²) in [4.78, 5) is 15.7. The minimum Gasteiger partial charge on any atom is -0.447 e. The number of hydrogen-bond acceptors (Lipinski definition) is 6. The van der Waals surface area contributed by atoms with E-state index >= 15 is 0 Å². The SMILES string of the molecule is CC(C(=O)c1ccc2ccccc2c1)[S+]1c2ccccc2Oc2ccccc21.[O-][Cl+3]([O-])([O-])[O-]. The Morgan fingerprint density at radius 2 is 1.24 bits per heavy atom. The van der Waals surface area contributed by atoms with Gasteiger partial charge in [-0.2, -0.15) is 0 Å². The van der Waals surface area contributed by atoms with Crippen LogP contribution in [0.4, 0.5) is 0 Å². The summed E-state index contributed by atoms with van der Waals surface area (Å²) in [6, 6.07) is 30.3. The van der Waals surface area contributed by atoms with Crippen molar-refractivity contribution in [3.63, 3.8) is 0 Å². The highest BCUT2D eigenvalue weighted by atomic mass is 35.7. The number of fused-ring (bicyclic) bond motifs is 3. The highest BCUT2D eigenvalue weighted by Crippen LogP contribution is 2.45. The fraction of sp³-hybridized carbons (Fsp3) is 0.0800. The quantitative estimate of drug-likeness (QED) is 0.322. The zero-order valence-electron chi connectivity index (χ0n) is 17.5. The largest absolute Gasteiger partial charge is 0.447 e. The number of halogens is 1. The first-order chi connectivity index (χ1) is 15.7. The Kier molecular flexibility index (Phi) is 6.71. The van der Waals surface area contributed by atoms with Crippen molar-refractivity contribution in [1.29, 1.82) is 0 Å². The average molecular weight is 483 g/mol. The molecule has 0 radical (unpaired) electrons. The molecule has 168 valence electrons. The molecular weight excluding hydrogens is 464 g/mol. The number of ether oxygens (including phenoxy) is 1. The van der Waals surface area contributed by atoms with Crippen molar-refractivity contribution in [2.45, 2.75) is 22.0 Å². The van der Waals surface area contributed by atoms with Crippen LogP contribution in [-0.4, -0.2) is 11.0 Å². The molecule has 1 aliphatic rings. The third kappa shape index (κ3) is 5.36. The molecule has 8 heteroatoms. The molecule has 0 saturated carbocycles. The third-order valence-corrected chi connectivity index (χ3v) is 7.69. The normalized spacial score (nSPS) is 13.7. The lowest BCUT2D eigenvalue weighted by Crippen LogP contribution is -2.68. The molecule has 0 aliphatic carbocycles. The summed E-state index contributed by atoms with van der Waals surface area (Å²) in [6.07, 6.45) is 0. The molecule has 5 rings (SSSR count). The summed E-state index contributed by atoms with van der Waals surface area (Å²) < 4.78 is 40.1. The van der Waals surface area contributed by atoms with Gasteiger partial charge in [-0.3, -0.25) is 4.79 Å². The van der Waals surface area contributed by atoms with Gasteiger partial charge in [-0.15, -0.1) is 10.2 Å². The predicted octanol–water partition coefficient (Wildman–Crippen LogP) is 1.50. The van der Waals surface area contributed by atoms with Crippen LogP contribution in [0, 0.1) is 10.2 Å². The second-order valence-electron chi connectivity index (χ2n) is 7.28. The zero-order valence-corrected chi connectivity index (χ0v) is 19.0. The van der Waals surface area contributed by atoms with Crippen molar-refractivity contribution in [1.82, 2.24) is 0 Å². The van der Waals surface area contributed by atoms with Crippen molar-refractivity contribution in [3.8, 4) is 11.5 Å². The molecule has 0 saturated heterocycles. The Balaban J connectivity index is 0.000000471. The summed E-state index contributed by atoms with van der Waals surface area (Å²) in [5.41, 5.74) is 0.764. The Bertz CT molecular complexity index is 1250. The number of benzene rings is 4. The van der Waals surface area contributed by atoms with Crippen molar-refractivity contribution in [2.75, 3.05) is 0 Å². The molecule has 0 fully saturated rings. The summed E-state index contributed by atoms with van der Waals surface area (Å²) in [7, 11) is -5.32. The van der Waals surface area contributed by atoms with Crippen LogP contribution in [0.2, 0.25) is 0 Å². The van der Waals surface area contributed by atoms with Gasteiger partial charge in [0.15, 0.2) is 16.7 Å². The second kappa shape index (κ2) is 9.52. The summed E-state index contributed by atoms with van der Waals surface area (Å²) in [6.45, 7) is 2.04. The van der Waals surface area contributed by atoms with E-state index < -0.39 is 10.2 Å². The number of carbonyl (C=O) groups excluding carboxylic acids is 1. The molecule has 0 aromatic heterocycles. The van der Waals surface area contributed by atoms with E-state index in [2.05, 4.69) is 24.3 Å². The number of rotatable bonds is 3. The van der Waals surface area contributed by atoms with Crippen molar-refractivity contribution < 1.29 is 38.4 Å². The van der Waals surface area contributed by atoms with Crippen molar-refractivity contribution in [2.24, 2.45) is 0 Å². The molecule has 1 atom stereocenters. The molecule has 0 N–H and O–H groups in total. The van der Waals surface area contributed by atoms with Gasteiger partial charge in [0.05, 0.1) is 10.9 Å². The first-order valence-corrected chi connectivity index (χ1v) is 12.5. The van der Waals surface area contributed by atoms with E-state index in [4.69, 9.17) is 23.4 Å². The van der Waals surface area contributed by atoms with Gasteiger partial charge in [-0.1, -0.05) is 60.7 Å². The standard InChI is InChI=1S/C25H19O2S.ClHO4/c1-17(25(26)20-15-14-18-8-2-3-9-19(18)16-20)28-23-12-6-4-10-21(23)27-22-11-5-7-13-24(22)28;2-1(3,4)5/h2-17H,1H3;(H,2,3,4,5)/q+1;/p-1. The van der Waals surface area contributed by atoms with Gasteiger partial charge in [0.1, 0.15) is 0 Å². The van der Waals surface area contributed by atoms with Gasteiger partial charge in [0.25, 0.3) is 0 Å². The molecule has 1 unspecified atom stereocenters. The highest BCUT2D eigenvalue weighted by molar-refractivity contribution is 7.98. The monoisotopic (exact) mass is 482 g/mol. The van der Waals surface area contributed by atoms with Crippen LogP contribution in [0.15, 0.2) is 101 Å². The maximum Gasteiger partial charge on any atom is 0.215 e. The van der Waals surface area contributed by atoms with Gasteiger partial charge in [-0.05, 0) is 48.0 Å². The van der Waals surface area contributed by atoms with Crippen LogP contribution in [-0.2, 0) is 10.9 Å². The summed E-state index contributed by atoms with van der Waals surface area (Å²) in [5, 5.41) is 2.07. The molecule has 33 heavy (non-hydrogen) atoms. The maximum absolute atomic E-state index is 13.5. The average Bonchev–Trinajstić information content (AvgIpc) is 2.80. The van der Waals surface area contributed by atoms with E-state index in [0.717, 1.165) is 37.6 Å². The van der Waals surface area contributed by atoms with E-state index in [0.29, 0.717) is 0 Å². The first kappa shape index (κ1) is 23.3. The minimum atomic E-state index is -4.94. The van der Waals surface area contributed by atoms with Crippen LogP contribution >= 0.6 is 0 Å². The lowest BCUT2D eigenvalue weighted by atomic mass is 10.0. The van der Waals surface area contributed by atoms with E-state index in [9.17, 15) is 4.79 Å². The van der Waals surface area contributed by atoms with Gasteiger partial charge in [0, 0.05) is 5.56 Å². The van der Waals surface area contributed by atoms with Crippen LogP contribution in [0.3, 0.4) is 0 Å². The van der Waals surface area contributed by atoms with E-state index in [-0.39, 0.29) is 21.9 Å². The van der Waals surface area contributed by atoms with Crippen LogP contribution < -0.4 is 23.4 Å². The number of hydrogen-bond donors (Lipinski definition) is 0. The fourth-order valence-electron chi connectivity index (χ4n) is 3.73. The maximum atomic E-state index is 13.5. The van der Waals surface area contributed by atoms with Gasteiger partial charge in [-0.25, -0.2) is 18.6 Å². The summed E-state index contributed by atoms with van der Waals surface area (Å²) >= 11 is 0. The number of para-hydroxylation sites is 2. The Morgan fingerprint density at radius 1 is 0.758 bits per heavy atom. The van der Waals surface area contributed by atoms with Crippen molar-refractivity contribution in [3.05, 3.63) is 96.6 Å². The van der Waals surface area contributed by atoms with Crippen LogP contribution in [0.5, 0.6) is 11.5 Å². The van der Waals surface area contributed by atoms with E-state index in [1.54, 1.807) is 0 Å². The molecular formula is C25H19ClO6S. The fourth-order valence-corrected chi connectivity index (χ4v) is 6.19. The molecule has 4 aromatic rings. The zero-order chi connectivity index (χ0) is 23.6. The van der Waals surface area contributed by atoms with Crippen LogP contribution in [0.1, 0.15) is 17.3 Å². The topological polar surface area (TPSA) is 119 Å². The lowest BCUT2D eigenvalue weighted by molar-refractivity contribution is -2.00. The smallest absolute Gasteiger partial charge is 0.215 e. The molecule has 0 amide bonds. The number of Topliss-reactive ketones (excluding diaryl/α,β-unsaturated/α-hetero) is 1. The Morgan fingerprint density at radius 3 is 1.82 bits per heavy atom.